The summed E-state index contributed by atoms with van der Waals surface area (Å²) in [4.78, 5) is 10.2. The predicted molar refractivity (Wildman–Crippen MR) is 113 cm³/mol. The SMILES string of the molecule is COc1cc([N+](=O)[O-])ccc1N1NC(c2ccccc2S(=O)(=O)O)=NN1c1ccnnc1. The topological polar surface area (TPSA) is 163 Å². The summed E-state index contributed by atoms with van der Waals surface area (Å²) in [5.41, 5.74) is 3.63. The van der Waals surface area contributed by atoms with Gasteiger partial charge < -0.3 is 4.74 Å². The number of amidine groups is 1. The summed E-state index contributed by atoms with van der Waals surface area (Å²) in [6.45, 7) is 0. The van der Waals surface area contributed by atoms with Crippen LogP contribution < -0.4 is 20.4 Å². The molecule has 0 atom stereocenters. The zero-order valence-corrected chi connectivity index (χ0v) is 17.2. The van der Waals surface area contributed by atoms with Crippen molar-refractivity contribution in [3.05, 3.63) is 76.6 Å². The van der Waals surface area contributed by atoms with Crippen LogP contribution in [-0.2, 0) is 10.1 Å². The number of aromatic nitrogens is 2. The highest BCUT2D eigenvalue weighted by atomic mass is 32.2. The molecule has 1 aliphatic rings. The van der Waals surface area contributed by atoms with Gasteiger partial charge in [-0.3, -0.25) is 20.1 Å². The van der Waals surface area contributed by atoms with Crippen LogP contribution in [0.5, 0.6) is 5.75 Å². The molecule has 164 valence electrons. The first-order valence-electron chi connectivity index (χ1n) is 8.91. The monoisotopic (exact) mass is 457 g/mol. The summed E-state index contributed by atoms with van der Waals surface area (Å²) in [7, 11) is -3.19. The highest BCUT2D eigenvalue weighted by Crippen LogP contribution is 2.35. The third kappa shape index (κ3) is 3.86. The molecule has 0 bridgehead atoms. The van der Waals surface area contributed by atoms with Crippen molar-refractivity contribution in [1.29, 1.82) is 0 Å². The van der Waals surface area contributed by atoms with Gasteiger partial charge in [-0.1, -0.05) is 12.1 Å². The number of benzene rings is 2. The number of hydrazine groups is 2. The Morgan fingerprint density at radius 3 is 2.59 bits per heavy atom. The number of hydrogen-bond donors (Lipinski definition) is 2. The number of hydrazone groups is 1. The molecule has 32 heavy (non-hydrogen) atoms. The van der Waals surface area contributed by atoms with Crippen LogP contribution in [-0.4, -0.2) is 41.0 Å². The van der Waals surface area contributed by atoms with Crippen LogP contribution in [0.25, 0.3) is 0 Å². The van der Waals surface area contributed by atoms with Gasteiger partial charge in [0.25, 0.3) is 15.8 Å². The van der Waals surface area contributed by atoms with Gasteiger partial charge in [-0.15, -0.1) is 10.2 Å². The summed E-state index contributed by atoms with van der Waals surface area (Å²) in [6.07, 6.45) is 2.84. The summed E-state index contributed by atoms with van der Waals surface area (Å²) < 4.78 is 38.7. The van der Waals surface area contributed by atoms with Crippen molar-refractivity contribution in [1.82, 2.24) is 15.6 Å². The van der Waals surface area contributed by atoms with Crippen molar-refractivity contribution in [3.63, 3.8) is 0 Å². The first-order valence-corrected chi connectivity index (χ1v) is 10.3. The minimum Gasteiger partial charge on any atom is -0.494 e. The number of nitro groups is 1. The Kier molecular flexibility index (Phi) is 5.29. The number of hydrogen-bond acceptors (Lipinski definition) is 11. The molecule has 0 saturated carbocycles. The van der Waals surface area contributed by atoms with Crippen LogP contribution >= 0.6 is 0 Å². The van der Waals surface area contributed by atoms with Crippen molar-refractivity contribution < 1.29 is 22.6 Å². The highest BCUT2D eigenvalue weighted by Gasteiger charge is 2.32. The Labute approximate surface area is 181 Å². The number of nitrogens with zero attached hydrogens (tertiary/aromatic N) is 6. The van der Waals surface area contributed by atoms with Crippen molar-refractivity contribution in [2.75, 3.05) is 17.3 Å². The minimum absolute atomic E-state index is 0.0791. The van der Waals surface area contributed by atoms with Crippen LogP contribution in [0, 0.1) is 10.1 Å². The minimum atomic E-state index is -4.54. The van der Waals surface area contributed by atoms with Crippen molar-refractivity contribution in [2.24, 2.45) is 5.10 Å². The quantitative estimate of drug-likeness (QED) is 0.315. The van der Waals surface area contributed by atoms with Crippen LogP contribution in [0.2, 0.25) is 0 Å². The maximum Gasteiger partial charge on any atom is 0.295 e. The average molecular weight is 457 g/mol. The highest BCUT2D eigenvalue weighted by molar-refractivity contribution is 7.86. The van der Waals surface area contributed by atoms with Gasteiger partial charge in [0.15, 0.2) is 11.6 Å². The van der Waals surface area contributed by atoms with Crippen molar-refractivity contribution >= 4 is 33.0 Å². The van der Waals surface area contributed by atoms with E-state index in [4.69, 9.17) is 4.74 Å². The lowest BCUT2D eigenvalue weighted by molar-refractivity contribution is -0.384. The van der Waals surface area contributed by atoms with Crippen LogP contribution in [0.15, 0.2) is 70.9 Å². The molecule has 2 N–H and O–H groups in total. The summed E-state index contributed by atoms with van der Waals surface area (Å²) in [5, 5.41) is 25.8. The van der Waals surface area contributed by atoms with E-state index in [1.807, 2.05) is 0 Å². The molecule has 1 aromatic heterocycles. The van der Waals surface area contributed by atoms with E-state index in [0.29, 0.717) is 11.4 Å². The lowest BCUT2D eigenvalue weighted by atomic mass is 10.2. The summed E-state index contributed by atoms with van der Waals surface area (Å²) in [5.74, 6) is 0.230. The fourth-order valence-corrected chi connectivity index (χ4v) is 3.70. The molecule has 0 fully saturated rings. The maximum absolute atomic E-state index is 11.9. The molecule has 0 amide bonds. The van der Waals surface area contributed by atoms with Gasteiger partial charge in [0.1, 0.15) is 16.3 Å². The second kappa shape index (κ2) is 8.09. The number of nitro benzene ring substituents is 1. The zero-order valence-electron chi connectivity index (χ0n) is 16.4. The molecular weight excluding hydrogens is 442 g/mol. The molecule has 2 heterocycles. The first kappa shape index (κ1) is 21.0. The number of nitrogens with one attached hydrogen (secondary N) is 1. The largest absolute Gasteiger partial charge is 0.494 e. The Balaban J connectivity index is 1.85. The Morgan fingerprint density at radius 1 is 1.16 bits per heavy atom. The fourth-order valence-electron chi connectivity index (χ4n) is 3.00. The smallest absolute Gasteiger partial charge is 0.295 e. The average Bonchev–Trinajstić information content (AvgIpc) is 3.23. The first-order chi connectivity index (χ1) is 15.3. The van der Waals surface area contributed by atoms with Crippen molar-refractivity contribution in [3.8, 4) is 5.75 Å². The Hall–Kier alpha value is -4.30. The summed E-state index contributed by atoms with van der Waals surface area (Å²) >= 11 is 0. The molecule has 1 aliphatic heterocycles. The van der Waals surface area contributed by atoms with E-state index in [1.54, 1.807) is 12.1 Å². The van der Waals surface area contributed by atoms with E-state index in [9.17, 15) is 23.1 Å². The molecule has 0 aliphatic carbocycles. The lowest BCUT2D eigenvalue weighted by Crippen LogP contribution is -2.45. The number of methoxy groups -OCH3 is 1. The maximum atomic E-state index is 11.9. The van der Waals surface area contributed by atoms with E-state index in [2.05, 4.69) is 20.7 Å². The third-order valence-electron chi connectivity index (χ3n) is 4.42. The van der Waals surface area contributed by atoms with Crippen LogP contribution in [0.1, 0.15) is 5.56 Å². The molecule has 13 nitrogen and oxygen atoms in total. The zero-order chi connectivity index (χ0) is 22.9. The van der Waals surface area contributed by atoms with Gasteiger partial charge in [0.2, 0.25) is 0 Å². The normalized spacial score (nSPS) is 13.5. The molecule has 14 heteroatoms. The third-order valence-corrected chi connectivity index (χ3v) is 5.33. The molecule has 2 aromatic carbocycles. The predicted octanol–water partition coefficient (Wildman–Crippen LogP) is 1.75. The van der Waals surface area contributed by atoms with Gasteiger partial charge >= 0.3 is 0 Å². The molecule has 0 radical (unpaired) electrons. The molecular formula is C18H15N7O6S. The van der Waals surface area contributed by atoms with Gasteiger partial charge in [-0.25, -0.2) is 0 Å². The number of rotatable bonds is 6. The molecule has 0 saturated heterocycles. The van der Waals surface area contributed by atoms with Gasteiger partial charge in [0.05, 0.1) is 30.5 Å². The lowest BCUT2D eigenvalue weighted by Gasteiger charge is -2.28. The molecule has 0 unspecified atom stereocenters. The van der Waals surface area contributed by atoms with E-state index >= 15 is 0 Å². The van der Waals surface area contributed by atoms with Gasteiger partial charge in [-0.05, 0) is 24.3 Å². The fraction of sp³-hybridized carbons (Fsp3) is 0.0556. The number of ether oxygens (including phenoxy) is 1. The second-order valence-electron chi connectivity index (χ2n) is 6.35. The second-order valence-corrected chi connectivity index (χ2v) is 7.74. The molecule has 3 aromatic rings. The molecule has 0 spiro atoms. The van der Waals surface area contributed by atoms with E-state index in [-0.39, 0.29) is 27.7 Å². The number of anilines is 2. The van der Waals surface area contributed by atoms with E-state index in [0.717, 1.165) is 0 Å². The van der Waals surface area contributed by atoms with E-state index in [1.165, 1.54) is 66.1 Å². The van der Waals surface area contributed by atoms with Gasteiger partial charge in [-0.2, -0.15) is 23.7 Å². The Bertz CT molecular complexity index is 1320. The van der Waals surface area contributed by atoms with Gasteiger partial charge in [0, 0.05) is 11.6 Å². The Morgan fingerprint density at radius 2 is 1.94 bits per heavy atom. The van der Waals surface area contributed by atoms with E-state index < -0.39 is 15.0 Å². The number of non-ortho nitro benzene ring substituents is 1. The van der Waals surface area contributed by atoms with Crippen molar-refractivity contribution in [2.45, 2.75) is 4.90 Å². The van der Waals surface area contributed by atoms with Crippen LogP contribution in [0.4, 0.5) is 17.1 Å². The summed E-state index contributed by atoms with van der Waals surface area (Å²) in [6, 6.07) is 11.3. The standard InChI is InChI=1S/C18H15N7O6S/c1-31-16-10-12(25(26)27)6-7-15(16)24-22-18(21-23(24)13-8-9-19-20-11-13)14-4-2-3-5-17(14)32(28,29)30/h2-11H,1H3,(H,21,22)(H,28,29,30). The van der Waals surface area contributed by atoms with Crippen LogP contribution in [0.3, 0.4) is 0 Å². The molecule has 4 rings (SSSR count).